The molecule has 5 heteroatoms. The Kier molecular flexibility index (Phi) is 3.26. The molecule has 0 aromatic carbocycles. The van der Waals surface area contributed by atoms with Crippen molar-refractivity contribution >= 4 is 23.1 Å². The average Bonchev–Trinajstić information content (AvgIpc) is 2.91. The standard InChI is InChI=1S/C13H17N3OS/c1-18(17)13-14-9-10-5-4-8-16(12(10)15-13)11-6-2-3-7-11/h4-5,9,11H,2-3,6-8H2,1H3. The summed E-state index contributed by atoms with van der Waals surface area (Å²) in [5, 5.41) is 0.437. The van der Waals surface area contributed by atoms with Crippen LogP contribution in [0.2, 0.25) is 0 Å². The molecule has 1 fully saturated rings. The maximum atomic E-state index is 11.5. The van der Waals surface area contributed by atoms with Gasteiger partial charge in [0.15, 0.2) is 0 Å². The SMILES string of the molecule is C[S+]([O-])c1ncc2c(n1)N(C1CCCC1)CC=C2. The summed E-state index contributed by atoms with van der Waals surface area (Å²) in [5.74, 6) is 0.963. The van der Waals surface area contributed by atoms with E-state index in [-0.39, 0.29) is 0 Å². The van der Waals surface area contributed by atoms with Gasteiger partial charge >= 0.3 is 5.16 Å². The van der Waals surface area contributed by atoms with Crippen LogP contribution in [-0.4, -0.2) is 33.4 Å². The summed E-state index contributed by atoms with van der Waals surface area (Å²) in [6.45, 7) is 0.907. The minimum Gasteiger partial charge on any atom is -0.609 e. The van der Waals surface area contributed by atoms with E-state index in [0.717, 1.165) is 17.9 Å². The molecule has 18 heavy (non-hydrogen) atoms. The Labute approximate surface area is 110 Å². The molecule has 0 N–H and O–H groups in total. The van der Waals surface area contributed by atoms with Crippen molar-refractivity contribution in [3.63, 3.8) is 0 Å². The molecular formula is C13H17N3OS. The third-order valence-corrected chi connectivity index (χ3v) is 4.38. The second-order valence-electron chi connectivity index (χ2n) is 4.88. The van der Waals surface area contributed by atoms with Crippen LogP contribution in [-0.2, 0) is 11.2 Å². The molecule has 0 spiro atoms. The van der Waals surface area contributed by atoms with Gasteiger partial charge in [0, 0.05) is 35.5 Å². The van der Waals surface area contributed by atoms with E-state index in [2.05, 4.69) is 27.0 Å². The highest BCUT2D eigenvalue weighted by Gasteiger charge is 2.27. The molecule has 3 rings (SSSR count). The lowest BCUT2D eigenvalue weighted by Crippen LogP contribution is -2.36. The average molecular weight is 263 g/mol. The summed E-state index contributed by atoms with van der Waals surface area (Å²) in [6.07, 6.45) is 12.7. The monoisotopic (exact) mass is 263 g/mol. The Bertz CT molecular complexity index is 469. The molecule has 2 heterocycles. The Morgan fingerprint density at radius 1 is 1.39 bits per heavy atom. The third kappa shape index (κ3) is 2.12. The van der Waals surface area contributed by atoms with Crippen LogP contribution in [0, 0.1) is 0 Å². The lowest BCUT2D eigenvalue weighted by Gasteiger charge is -2.32. The van der Waals surface area contributed by atoms with E-state index < -0.39 is 11.2 Å². The van der Waals surface area contributed by atoms with Crippen LogP contribution in [0.25, 0.3) is 6.08 Å². The van der Waals surface area contributed by atoms with E-state index in [1.165, 1.54) is 25.7 Å². The topological polar surface area (TPSA) is 52.1 Å². The van der Waals surface area contributed by atoms with Gasteiger partial charge in [0.2, 0.25) is 0 Å². The number of hydrogen-bond acceptors (Lipinski definition) is 4. The summed E-state index contributed by atoms with van der Waals surface area (Å²) in [7, 11) is 0. The molecule has 1 aromatic heterocycles. The highest BCUT2D eigenvalue weighted by Crippen LogP contribution is 2.32. The fourth-order valence-electron chi connectivity index (χ4n) is 2.77. The van der Waals surface area contributed by atoms with Gasteiger partial charge in [-0.1, -0.05) is 25.0 Å². The number of nitrogens with zero attached hydrogens (tertiary/aromatic N) is 3. The number of aromatic nitrogens is 2. The molecule has 1 saturated carbocycles. The Balaban J connectivity index is 1.97. The molecule has 0 amide bonds. The molecular weight excluding hydrogens is 246 g/mol. The van der Waals surface area contributed by atoms with E-state index >= 15 is 0 Å². The smallest absolute Gasteiger partial charge is 0.344 e. The molecule has 2 aliphatic rings. The van der Waals surface area contributed by atoms with E-state index in [0.29, 0.717) is 11.2 Å². The maximum absolute atomic E-state index is 11.5. The number of rotatable bonds is 2. The van der Waals surface area contributed by atoms with Crippen molar-refractivity contribution in [3.05, 3.63) is 17.8 Å². The fourth-order valence-corrected chi connectivity index (χ4v) is 3.19. The zero-order valence-corrected chi connectivity index (χ0v) is 11.3. The van der Waals surface area contributed by atoms with Gasteiger partial charge < -0.3 is 9.45 Å². The van der Waals surface area contributed by atoms with Gasteiger partial charge in [-0.25, -0.2) is 0 Å². The Hall–Kier alpha value is -1.07. The molecule has 0 saturated heterocycles. The minimum atomic E-state index is -1.12. The third-order valence-electron chi connectivity index (χ3n) is 3.67. The number of hydrogen-bond donors (Lipinski definition) is 0. The van der Waals surface area contributed by atoms with E-state index in [1.807, 2.05) is 0 Å². The van der Waals surface area contributed by atoms with Gasteiger partial charge in [-0.15, -0.1) is 0 Å². The van der Waals surface area contributed by atoms with Crippen LogP contribution in [0.5, 0.6) is 0 Å². The first kappa shape index (κ1) is 12.0. The Morgan fingerprint density at radius 3 is 2.89 bits per heavy atom. The predicted octanol–water partition coefficient (Wildman–Crippen LogP) is 1.99. The summed E-state index contributed by atoms with van der Waals surface area (Å²) < 4.78 is 11.5. The van der Waals surface area contributed by atoms with Crippen LogP contribution in [0.15, 0.2) is 17.4 Å². The van der Waals surface area contributed by atoms with Crippen LogP contribution in [0.3, 0.4) is 0 Å². The van der Waals surface area contributed by atoms with Crippen molar-refractivity contribution < 1.29 is 4.55 Å². The van der Waals surface area contributed by atoms with Crippen molar-refractivity contribution in [2.24, 2.45) is 0 Å². The lowest BCUT2D eigenvalue weighted by molar-refractivity contribution is 0.587. The normalized spacial score (nSPS) is 21.1. The van der Waals surface area contributed by atoms with Crippen LogP contribution in [0.1, 0.15) is 31.2 Å². The second kappa shape index (κ2) is 4.90. The first-order valence-corrected chi connectivity index (χ1v) is 7.95. The summed E-state index contributed by atoms with van der Waals surface area (Å²) >= 11 is -1.12. The molecule has 1 atom stereocenters. The zero-order chi connectivity index (χ0) is 12.5. The van der Waals surface area contributed by atoms with Crippen LogP contribution in [0.4, 0.5) is 5.82 Å². The van der Waals surface area contributed by atoms with Crippen LogP contribution < -0.4 is 4.90 Å². The van der Waals surface area contributed by atoms with Crippen molar-refractivity contribution in [1.29, 1.82) is 0 Å². The van der Waals surface area contributed by atoms with Gasteiger partial charge in [0.1, 0.15) is 12.1 Å². The van der Waals surface area contributed by atoms with Gasteiger partial charge in [-0.2, -0.15) is 9.97 Å². The first-order chi connectivity index (χ1) is 8.75. The molecule has 1 aromatic rings. The van der Waals surface area contributed by atoms with Crippen LogP contribution >= 0.6 is 0 Å². The molecule has 1 aliphatic heterocycles. The largest absolute Gasteiger partial charge is 0.609 e. The first-order valence-electron chi connectivity index (χ1n) is 6.39. The maximum Gasteiger partial charge on any atom is 0.344 e. The number of fused-ring (bicyclic) bond motifs is 1. The highest BCUT2D eigenvalue weighted by molar-refractivity contribution is 7.90. The van der Waals surface area contributed by atoms with Crippen molar-refractivity contribution in [3.8, 4) is 0 Å². The van der Waals surface area contributed by atoms with E-state index in [1.54, 1.807) is 12.5 Å². The molecule has 0 radical (unpaired) electrons. The van der Waals surface area contributed by atoms with Crippen molar-refractivity contribution in [1.82, 2.24) is 9.97 Å². The van der Waals surface area contributed by atoms with Gasteiger partial charge in [0.25, 0.3) is 0 Å². The van der Waals surface area contributed by atoms with E-state index in [9.17, 15) is 4.55 Å². The summed E-state index contributed by atoms with van der Waals surface area (Å²) in [6, 6.07) is 0.585. The summed E-state index contributed by atoms with van der Waals surface area (Å²) in [5.41, 5.74) is 1.04. The fraction of sp³-hybridized carbons (Fsp3) is 0.538. The van der Waals surface area contributed by atoms with Gasteiger partial charge in [-0.3, -0.25) is 0 Å². The van der Waals surface area contributed by atoms with Gasteiger partial charge in [0.05, 0.1) is 0 Å². The number of anilines is 1. The quantitative estimate of drug-likeness (QED) is 0.605. The lowest BCUT2D eigenvalue weighted by atomic mass is 10.1. The molecule has 96 valence electrons. The summed E-state index contributed by atoms with van der Waals surface area (Å²) in [4.78, 5) is 11.0. The van der Waals surface area contributed by atoms with Crippen molar-refractivity contribution in [2.45, 2.75) is 36.9 Å². The second-order valence-corrected chi connectivity index (χ2v) is 6.15. The molecule has 0 bridgehead atoms. The molecule has 1 aliphatic carbocycles. The predicted molar refractivity (Wildman–Crippen MR) is 73.0 cm³/mol. The van der Waals surface area contributed by atoms with Crippen molar-refractivity contribution in [2.75, 3.05) is 17.7 Å². The highest BCUT2D eigenvalue weighted by atomic mass is 32.2. The Morgan fingerprint density at radius 2 is 2.17 bits per heavy atom. The van der Waals surface area contributed by atoms with Gasteiger partial charge in [-0.05, 0) is 12.8 Å². The molecule has 4 nitrogen and oxygen atoms in total. The molecule has 1 unspecified atom stereocenters. The zero-order valence-electron chi connectivity index (χ0n) is 10.5. The minimum absolute atomic E-state index is 0.437. The van der Waals surface area contributed by atoms with E-state index in [4.69, 9.17) is 0 Å².